The molecule has 5 N–H and O–H groups in total. The largest absolute Gasteiger partial charge is 0.363 e. The first kappa shape index (κ1) is 31.4. The Labute approximate surface area is 228 Å². The smallest absolute Gasteiger partial charge is 0.316 e. The molecule has 5 unspecified atom stereocenters. The zero-order valence-corrected chi connectivity index (χ0v) is 23.6. The molecule has 0 radical (unpaired) electrons. The number of nitrogens with one attached hydrogen (secondary N) is 3. The van der Waals surface area contributed by atoms with Crippen molar-refractivity contribution in [1.82, 2.24) is 25.8 Å². The molecule has 214 valence electrons. The predicted molar refractivity (Wildman–Crippen MR) is 143 cm³/mol. The molecule has 1 aliphatic heterocycles. The van der Waals surface area contributed by atoms with Gasteiger partial charge in [0.1, 0.15) is 17.8 Å². The number of amides is 5. The van der Waals surface area contributed by atoms with E-state index in [0.29, 0.717) is 6.42 Å². The summed E-state index contributed by atoms with van der Waals surface area (Å²) in [6.45, 7) is 12.3. The Morgan fingerprint density at radius 3 is 2.18 bits per heavy atom. The Balaban J connectivity index is 2.22. The van der Waals surface area contributed by atoms with E-state index in [-0.39, 0.29) is 29.9 Å². The highest BCUT2D eigenvalue weighted by atomic mass is 16.2. The van der Waals surface area contributed by atoms with Crippen LogP contribution in [0.25, 0.3) is 0 Å². The number of nitrogens with two attached hydrogens (primary N) is 1. The maximum absolute atomic E-state index is 13.8. The first-order chi connectivity index (χ1) is 18.1. The lowest BCUT2D eigenvalue weighted by Crippen LogP contribution is -2.61. The van der Waals surface area contributed by atoms with Crippen LogP contribution in [0.2, 0.25) is 0 Å². The first-order valence-electron chi connectivity index (χ1n) is 13.0. The number of rotatable bonds is 10. The first-order valence-corrected chi connectivity index (χ1v) is 13.0. The third kappa shape index (κ3) is 7.84. The van der Waals surface area contributed by atoms with Gasteiger partial charge in [-0.15, -0.1) is 0 Å². The van der Waals surface area contributed by atoms with Gasteiger partial charge in [-0.2, -0.15) is 0 Å². The van der Waals surface area contributed by atoms with Crippen molar-refractivity contribution in [1.29, 1.82) is 0 Å². The second-order valence-corrected chi connectivity index (χ2v) is 11.4. The number of ketones is 2. The van der Waals surface area contributed by atoms with Gasteiger partial charge in [-0.05, 0) is 42.7 Å². The van der Waals surface area contributed by atoms with Gasteiger partial charge >= 0.3 is 6.03 Å². The average molecular weight is 545 g/mol. The van der Waals surface area contributed by atoms with E-state index in [9.17, 15) is 28.8 Å². The molecule has 1 aliphatic rings. The predicted octanol–water partition coefficient (Wildman–Crippen LogP) is 0.799. The van der Waals surface area contributed by atoms with E-state index in [4.69, 9.17) is 5.73 Å². The molecule has 1 aromatic rings. The van der Waals surface area contributed by atoms with E-state index in [2.05, 4.69) is 20.9 Å². The Morgan fingerprint density at radius 1 is 1.03 bits per heavy atom. The molecule has 1 aromatic heterocycles. The monoisotopic (exact) mass is 544 g/mol. The molecule has 1 fully saturated rings. The highest BCUT2D eigenvalue weighted by Crippen LogP contribution is 2.29. The van der Waals surface area contributed by atoms with Crippen LogP contribution in [-0.4, -0.2) is 75.9 Å². The summed E-state index contributed by atoms with van der Waals surface area (Å²) in [6.07, 6.45) is 2.02. The average Bonchev–Trinajstić information content (AvgIpc) is 3.25. The minimum atomic E-state index is -1.17. The SMILES string of the molecule is CC(NC(=O)C1C(C)CCN1C(=O)C(NC(=O)NC(C(=O)c1ccccn1)C(C)C)C(C)(C)C)C(=O)C(N)=O. The van der Waals surface area contributed by atoms with E-state index < -0.39 is 59.1 Å². The number of likely N-dealkylation sites (tertiary alicyclic amines) is 1. The molecule has 0 bridgehead atoms. The fraction of sp³-hybridized carbons (Fsp3) is 0.593. The van der Waals surface area contributed by atoms with Crippen molar-refractivity contribution in [2.75, 3.05) is 6.54 Å². The molecule has 1 saturated heterocycles. The van der Waals surface area contributed by atoms with Crippen molar-refractivity contribution in [2.24, 2.45) is 23.0 Å². The Kier molecular flexibility index (Phi) is 10.3. The molecular weight excluding hydrogens is 504 g/mol. The lowest BCUT2D eigenvalue weighted by atomic mass is 9.85. The van der Waals surface area contributed by atoms with Gasteiger partial charge in [-0.1, -0.05) is 47.6 Å². The van der Waals surface area contributed by atoms with Crippen molar-refractivity contribution in [3.05, 3.63) is 30.1 Å². The summed E-state index contributed by atoms with van der Waals surface area (Å²) in [5.41, 5.74) is 4.49. The zero-order valence-electron chi connectivity index (χ0n) is 23.6. The fourth-order valence-electron chi connectivity index (χ4n) is 4.50. The molecule has 0 saturated carbocycles. The molecule has 39 heavy (non-hydrogen) atoms. The van der Waals surface area contributed by atoms with Crippen molar-refractivity contribution in [3.8, 4) is 0 Å². The summed E-state index contributed by atoms with van der Waals surface area (Å²) in [4.78, 5) is 81.5. The molecule has 5 amide bonds. The maximum atomic E-state index is 13.8. The van der Waals surface area contributed by atoms with Crippen molar-refractivity contribution < 1.29 is 28.8 Å². The number of hydrogen-bond donors (Lipinski definition) is 4. The molecule has 0 aliphatic carbocycles. The standard InChI is InChI=1S/C27H40N6O6/c1-14(2)18(21(35)17-10-8-9-12-29-17)31-26(39)32-22(27(5,6)7)25(38)33-13-11-15(3)19(33)24(37)30-16(4)20(34)23(28)36/h8-10,12,14-16,18-19,22H,11,13H2,1-7H3,(H2,28,36)(H,30,37)(H2,31,32,39). The van der Waals surface area contributed by atoms with Gasteiger partial charge < -0.3 is 26.6 Å². The second kappa shape index (κ2) is 12.8. The van der Waals surface area contributed by atoms with Crippen molar-refractivity contribution in [3.63, 3.8) is 0 Å². The van der Waals surface area contributed by atoms with Gasteiger partial charge in [0.25, 0.3) is 5.91 Å². The Bertz CT molecular complexity index is 1100. The van der Waals surface area contributed by atoms with Crippen LogP contribution in [0.15, 0.2) is 24.4 Å². The topological polar surface area (TPSA) is 181 Å². The molecular formula is C27H40N6O6. The third-order valence-electron chi connectivity index (χ3n) is 6.79. The highest BCUT2D eigenvalue weighted by Gasteiger charge is 2.45. The molecule has 12 heteroatoms. The normalized spacial score (nSPS) is 19.5. The number of hydrogen-bond acceptors (Lipinski definition) is 7. The molecule has 12 nitrogen and oxygen atoms in total. The van der Waals surface area contributed by atoms with E-state index in [1.54, 1.807) is 59.7 Å². The van der Waals surface area contributed by atoms with Crippen LogP contribution in [0.4, 0.5) is 4.79 Å². The van der Waals surface area contributed by atoms with Crippen LogP contribution in [0.3, 0.4) is 0 Å². The molecule has 0 spiro atoms. The molecule has 0 aromatic carbocycles. The van der Waals surface area contributed by atoms with Crippen LogP contribution in [0.1, 0.15) is 65.4 Å². The number of urea groups is 1. The summed E-state index contributed by atoms with van der Waals surface area (Å²) < 4.78 is 0. The Morgan fingerprint density at radius 2 is 1.67 bits per heavy atom. The van der Waals surface area contributed by atoms with Gasteiger partial charge in [-0.25, -0.2) is 4.79 Å². The van der Waals surface area contributed by atoms with Gasteiger partial charge in [0, 0.05) is 12.7 Å². The quantitative estimate of drug-likeness (QED) is 0.248. The van der Waals surface area contributed by atoms with Gasteiger partial charge in [0.2, 0.25) is 23.4 Å². The third-order valence-corrected chi connectivity index (χ3v) is 6.79. The van der Waals surface area contributed by atoms with Gasteiger partial charge in [-0.3, -0.25) is 29.0 Å². The van der Waals surface area contributed by atoms with Crippen LogP contribution in [0.5, 0.6) is 0 Å². The minimum absolute atomic E-state index is 0.212. The van der Waals surface area contributed by atoms with E-state index >= 15 is 0 Å². The van der Waals surface area contributed by atoms with E-state index in [1.165, 1.54) is 18.0 Å². The van der Waals surface area contributed by atoms with Gasteiger partial charge in [0.05, 0.1) is 12.1 Å². The summed E-state index contributed by atoms with van der Waals surface area (Å²) in [6, 6.07) is 0.238. The number of carbonyl (C=O) groups excluding carboxylic acids is 6. The zero-order chi connectivity index (χ0) is 29.7. The number of pyridine rings is 1. The summed E-state index contributed by atoms with van der Waals surface area (Å²) in [7, 11) is 0. The van der Waals surface area contributed by atoms with Gasteiger partial charge in [0.15, 0.2) is 0 Å². The number of carbonyl (C=O) groups is 6. The molecule has 2 rings (SSSR count). The van der Waals surface area contributed by atoms with Crippen molar-refractivity contribution in [2.45, 2.75) is 79.1 Å². The lowest BCUT2D eigenvalue weighted by molar-refractivity contribution is -0.143. The number of aromatic nitrogens is 1. The van der Waals surface area contributed by atoms with E-state index in [0.717, 1.165) is 0 Å². The molecule has 5 atom stereocenters. The maximum Gasteiger partial charge on any atom is 0.316 e. The van der Waals surface area contributed by atoms with Crippen molar-refractivity contribution >= 4 is 35.3 Å². The number of Topliss-reactive ketones (excluding diaryl/α,β-unsaturated/α-hetero) is 2. The van der Waals surface area contributed by atoms with Crippen LogP contribution in [-0.2, 0) is 19.2 Å². The number of primary amides is 1. The Hall–Kier alpha value is -3.83. The second-order valence-electron chi connectivity index (χ2n) is 11.4. The van der Waals surface area contributed by atoms with E-state index in [1.807, 2.05) is 0 Å². The van der Waals surface area contributed by atoms with Crippen LogP contribution < -0.4 is 21.7 Å². The van der Waals surface area contributed by atoms with Crippen LogP contribution >= 0.6 is 0 Å². The summed E-state index contributed by atoms with van der Waals surface area (Å²) in [5, 5.41) is 7.87. The summed E-state index contributed by atoms with van der Waals surface area (Å²) >= 11 is 0. The highest BCUT2D eigenvalue weighted by molar-refractivity contribution is 6.37. The molecule has 2 heterocycles. The number of nitrogens with zero attached hydrogens (tertiary/aromatic N) is 2. The van der Waals surface area contributed by atoms with Crippen LogP contribution in [0, 0.1) is 17.3 Å². The summed E-state index contributed by atoms with van der Waals surface area (Å²) in [5.74, 6) is -4.03. The minimum Gasteiger partial charge on any atom is -0.363 e. The lowest BCUT2D eigenvalue weighted by Gasteiger charge is -2.36. The fourth-order valence-corrected chi connectivity index (χ4v) is 4.50.